The molecule has 1 fully saturated rings. The smallest absolute Gasteiger partial charge is 0.270 e. The highest BCUT2D eigenvalue weighted by atomic mass is 32.1. The van der Waals surface area contributed by atoms with E-state index in [-0.39, 0.29) is 17.7 Å². The zero-order chi connectivity index (χ0) is 23.5. The number of carbonyl (C=O) groups is 2. The van der Waals surface area contributed by atoms with Crippen LogP contribution in [0.3, 0.4) is 0 Å². The molecule has 0 radical (unpaired) electrons. The van der Waals surface area contributed by atoms with Crippen LogP contribution in [0.4, 0.5) is 0 Å². The van der Waals surface area contributed by atoms with Gasteiger partial charge in [0.05, 0.1) is 10.2 Å². The van der Waals surface area contributed by atoms with Gasteiger partial charge < -0.3 is 14.8 Å². The molecule has 2 aromatic heterocycles. The van der Waals surface area contributed by atoms with Crippen LogP contribution in [-0.2, 0) is 24.3 Å². The number of piperidine rings is 1. The van der Waals surface area contributed by atoms with Crippen LogP contribution in [0, 0.1) is 5.92 Å². The lowest BCUT2D eigenvalue weighted by atomic mass is 9.95. The van der Waals surface area contributed by atoms with Crippen LogP contribution < -0.4 is 5.32 Å². The molecule has 7 heteroatoms. The van der Waals surface area contributed by atoms with Gasteiger partial charge in [-0.3, -0.25) is 14.5 Å². The SMILES string of the molecule is CCn1c(C(=O)N2CCC(C(=O)NCCCN3CCc4ccccc4C3)CC2)cc2sccc21. The topological polar surface area (TPSA) is 57.6 Å². The number of carbonyl (C=O) groups excluding carboxylic acids is 2. The third-order valence-electron chi connectivity index (χ3n) is 7.37. The van der Waals surface area contributed by atoms with E-state index in [0.29, 0.717) is 13.1 Å². The van der Waals surface area contributed by atoms with Gasteiger partial charge in [0.15, 0.2) is 0 Å². The standard InChI is InChI=1S/C27H34N4O2S/c1-2-31-23-11-17-34-25(23)18-24(31)27(33)30-15-9-21(10-16-30)26(32)28-12-5-13-29-14-8-20-6-3-4-7-22(20)19-29/h3-4,6-7,11,17-18,21H,2,5,8-10,12-16,19H2,1H3,(H,28,32). The first-order valence-electron chi connectivity index (χ1n) is 12.6. The predicted octanol–water partition coefficient (Wildman–Crippen LogP) is 4.14. The molecule has 5 rings (SSSR count). The summed E-state index contributed by atoms with van der Waals surface area (Å²) in [5.41, 5.74) is 4.82. The summed E-state index contributed by atoms with van der Waals surface area (Å²) >= 11 is 1.67. The lowest BCUT2D eigenvalue weighted by Gasteiger charge is -2.31. The molecular formula is C27H34N4O2S. The zero-order valence-corrected chi connectivity index (χ0v) is 20.8. The Labute approximate surface area is 205 Å². The molecule has 4 heterocycles. The number of likely N-dealkylation sites (tertiary alicyclic amines) is 1. The molecule has 0 atom stereocenters. The van der Waals surface area contributed by atoms with E-state index in [0.717, 1.165) is 74.3 Å². The normalized spacial score (nSPS) is 17.1. The second-order valence-electron chi connectivity index (χ2n) is 9.45. The summed E-state index contributed by atoms with van der Waals surface area (Å²) in [5.74, 6) is 0.244. The quantitative estimate of drug-likeness (QED) is 0.520. The molecule has 2 amide bonds. The number of hydrogen-bond donors (Lipinski definition) is 1. The van der Waals surface area contributed by atoms with E-state index in [2.05, 4.69) is 57.4 Å². The van der Waals surface area contributed by atoms with Gasteiger partial charge in [0.2, 0.25) is 5.91 Å². The highest BCUT2D eigenvalue weighted by Crippen LogP contribution is 2.27. The molecule has 6 nitrogen and oxygen atoms in total. The van der Waals surface area contributed by atoms with Crippen molar-refractivity contribution < 1.29 is 9.59 Å². The molecular weight excluding hydrogens is 444 g/mol. The third kappa shape index (κ3) is 4.77. The average molecular weight is 479 g/mol. The molecule has 1 aromatic carbocycles. The number of benzene rings is 1. The minimum absolute atomic E-state index is 0.00682. The summed E-state index contributed by atoms with van der Waals surface area (Å²) in [4.78, 5) is 30.3. The maximum absolute atomic E-state index is 13.2. The van der Waals surface area contributed by atoms with Gasteiger partial charge in [0, 0.05) is 51.7 Å². The first-order valence-corrected chi connectivity index (χ1v) is 13.4. The highest BCUT2D eigenvalue weighted by Gasteiger charge is 2.29. The van der Waals surface area contributed by atoms with E-state index in [4.69, 9.17) is 0 Å². The molecule has 180 valence electrons. The second kappa shape index (κ2) is 10.3. The largest absolute Gasteiger partial charge is 0.356 e. The van der Waals surface area contributed by atoms with Gasteiger partial charge in [0.1, 0.15) is 5.69 Å². The summed E-state index contributed by atoms with van der Waals surface area (Å²) in [6.45, 7) is 7.98. The molecule has 0 unspecified atom stereocenters. The maximum Gasteiger partial charge on any atom is 0.270 e. The number of aromatic nitrogens is 1. The zero-order valence-electron chi connectivity index (χ0n) is 20.0. The molecule has 1 N–H and O–H groups in total. The van der Waals surface area contributed by atoms with Gasteiger partial charge >= 0.3 is 0 Å². The van der Waals surface area contributed by atoms with E-state index < -0.39 is 0 Å². The lowest BCUT2D eigenvalue weighted by Crippen LogP contribution is -2.44. The fourth-order valence-corrected chi connectivity index (χ4v) is 6.23. The van der Waals surface area contributed by atoms with Crippen LogP contribution in [-0.4, -0.2) is 58.9 Å². The number of nitrogens with zero attached hydrogens (tertiary/aromatic N) is 3. The number of hydrogen-bond acceptors (Lipinski definition) is 4. The fraction of sp³-hybridized carbons (Fsp3) is 0.481. The molecule has 1 saturated heterocycles. The molecule has 2 aliphatic rings. The van der Waals surface area contributed by atoms with E-state index in [9.17, 15) is 9.59 Å². The Morgan fingerprint density at radius 2 is 1.88 bits per heavy atom. The summed E-state index contributed by atoms with van der Waals surface area (Å²) in [6, 6.07) is 12.8. The van der Waals surface area contributed by atoms with Crippen molar-refractivity contribution in [2.24, 2.45) is 5.92 Å². The Morgan fingerprint density at radius 3 is 2.68 bits per heavy atom. The molecule has 34 heavy (non-hydrogen) atoms. The van der Waals surface area contributed by atoms with Crippen LogP contribution in [0.2, 0.25) is 0 Å². The van der Waals surface area contributed by atoms with Crippen molar-refractivity contribution in [2.45, 2.75) is 45.7 Å². The summed E-state index contributed by atoms with van der Waals surface area (Å²) in [5, 5.41) is 5.22. The van der Waals surface area contributed by atoms with Gasteiger partial charge in [-0.05, 0) is 61.2 Å². The van der Waals surface area contributed by atoms with Gasteiger partial charge in [-0.1, -0.05) is 24.3 Å². The van der Waals surface area contributed by atoms with Crippen LogP contribution in [0.5, 0.6) is 0 Å². The second-order valence-corrected chi connectivity index (χ2v) is 10.4. The Balaban J connectivity index is 1.05. The van der Waals surface area contributed by atoms with Gasteiger partial charge in [-0.15, -0.1) is 11.3 Å². The van der Waals surface area contributed by atoms with Crippen LogP contribution >= 0.6 is 11.3 Å². The minimum Gasteiger partial charge on any atom is -0.356 e. The number of aryl methyl sites for hydroxylation is 1. The summed E-state index contributed by atoms with van der Waals surface area (Å²) in [6.07, 6.45) is 3.56. The number of nitrogens with one attached hydrogen (secondary N) is 1. The van der Waals surface area contributed by atoms with Crippen molar-refractivity contribution in [3.63, 3.8) is 0 Å². The molecule has 0 saturated carbocycles. The van der Waals surface area contributed by atoms with Crippen LogP contribution in [0.25, 0.3) is 10.2 Å². The van der Waals surface area contributed by atoms with Gasteiger partial charge in [-0.25, -0.2) is 0 Å². The van der Waals surface area contributed by atoms with Crippen molar-refractivity contribution in [2.75, 3.05) is 32.7 Å². The van der Waals surface area contributed by atoms with Gasteiger partial charge in [0.25, 0.3) is 5.91 Å². The van der Waals surface area contributed by atoms with Gasteiger partial charge in [-0.2, -0.15) is 0 Å². The molecule has 0 bridgehead atoms. The number of fused-ring (bicyclic) bond motifs is 2. The van der Waals surface area contributed by atoms with E-state index in [1.165, 1.54) is 11.1 Å². The summed E-state index contributed by atoms with van der Waals surface area (Å²) < 4.78 is 3.27. The maximum atomic E-state index is 13.2. The number of rotatable bonds is 7. The van der Waals surface area contributed by atoms with Crippen LogP contribution in [0.1, 0.15) is 47.8 Å². The first kappa shape index (κ1) is 23.1. The summed E-state index contributed by atoms with van der Waals surface area (Å²) in [7, 11) is 0. The predicted molar refractivity (Wildman–Crippen MR) is 137 cm³/mol. The Bertz CT molecular complexity index is 1160. The molecule has 2 aliphatic heterocycles. The minimum atomic E-state index is 0.00682. The molecule has 0 aliphatic carbocycles. The Hall–Kier alpha value is -2.64. The number of thiophene rings is 1. The van der Waals surface area contributed by atoms with Crippen molar-refractivity contribution in [1.29, 1.82) is 0 Å². The van der Waals surface area contributed by atoms with E-state index in [1.807, 2.05) is 11.0 Å². The highest BCUT2D eigenvalue weighted by molar-refractivity contribution is 7.17. The molecule has 3 aromatic rings. The Morgan fingerprint density at radius 1 is 1.09 bits per heavy atom. The van der Waals surface area contributed by atoms with E-state index >= 15 is 0 Å². The monoisotopic (exact) mass is 478 g/mol. The molecule has 0 spiro atoms. The lowest BCUT2D eigenvalue weighted by molar-refractivity contribution is -0.126. The van der Waals surface area contributed by atoms with E-state index in [1.54, 1.807) is 11.3 Å². The number of amides is 2. The van der Waals surface area contributed by atoms with Crippen molar-refractivity contribution >= 4 is 33.4 Å². The average Bonchev–Trinajstić information content (AvgIpc) is 3.47. The first-order chi connectivity index (χ1) is 16.6. The van der Waals surface area contributed by atoms with Crippen molar-refractivity contribution in [1.82, 2.24) is 19.7 Å². The fourth-order valence-electron chi connectivity index (χ4n) is 5.41. The van der Waals surface area contributed by atoms with Crippen molar-refractivity contribution in [3.05, 3.63) is 58.6 Å². The Kier molecular flexibility index (Phi) is 7.02. The van der Waals surface area contributed by atoms with Crippen molar-refractivity contribution in [3.8, 4) is 0 Å². The third-order valence-corrected chi connectivity index (χ3v) is 8.22. The van der Waals surface area contributed by atoms with Crippen LogP contribution in [0.15, 0.2) is 41.8 Å².